The Morgan fingerprint density at radius 2 is 2.04 bits per heavy atom. The van der Waals surface area contributed by atoms with E-state index < -0.39 is 0 Å². The van der Waals surface area contributed by atoms with E-state index in [-0.39, 0.29) is 17.5 Å². The third kappa shape index (κ3) is 3.70. The van der Waals surface area contributed by atoms with Crippen LogP contribution in [0.5, 0.6) is 5.88 Å². The molecule has 0 aliphatic rings. The molecule has 0 radical (unpaired) electrons. The molecule has 3 aromatic rings. The van der Waals surface area contributed by atoms with Crippen LogP contribution in [0.15, 0.2) is 47.3 Å². The molecule has 3 rings (SSSR count). The molecule has 7 heteroatoms. The number of nitrogen functional groups attached to an aromatic ring is 1. The van der Waals surface area contributed by atoms with Gasteiger partial charge in [-0.3, -0.25) is 0 Å². The Labute approximate surface area is 145 Å². The molecule has 0 atom stereocenters. The summed E-state index contributed by atoms with van der Waals surface area (Å²) in [5.41, 5.74) is 8.23. The van der Waals surface area contributed by atoms with E-state index in [4.69, 9.17) is 14.9 Å². The van der Waals surface area contributed by atoms with Gasteiger partial charge in [0, 0.05) is 17.3 Å². The van der Waals surface area contributed by atoms with E-state index in [1.807, 2.05) is 44.2 Å². The smallest absolute Gasteiger partial charge is 0.236 e. The van der Waals surface area contributed by atoms with Crippen LogP contribution < -0.4 is 15.8 Å². The Morgan fingerprint density at radius 3 is 2.64 bits per heavy atom. The van der Waals surface area contributed by atoms with Crippen molar-refractivity contribution in [2.75, 3.05) is 11.1 Å². The maximum Gasteiger partial charge on any atom is 0.236 e. The summed E-state index contributed by atoms with van der Waals surface area (Å²) in [5, 5.41) is 12.4. The summed E-state index contributed by atoms with van der Waals surface area (Å²) in [6, 6.07) is 11.2. The lowest BCUT2D eigenvalue weighted by molar-refractivity contribution is 0.232. The zero-order valence-electron chi connectivity index (χ0n) is 13.9. The molecule has 126 valence electrons. The molecule has 7 nitrogen and oxygen atoms in total. The predicted molar refractivity (Wildman–Crippen MR) is 94.4 cm³/mol. The van der Waals surface area contributed by atoms with E-state index in [0.717, 1.165) is 11.3 Å². The van der Waals surface area contributed by atoms with Crippen LogP contribution in [-0.2, 0) is 0 Å². The van der Waals surface area contributed by atoms with E-state index >= 15 is 0 Å². The molecule has 0 fully saturated rings. The van der Waals surface area contributed by atoms with Gasteiger partial charge in [-0.1, -0.05) is 0 Å². The van der Waals surface area contributed by atoms with Crippen LogP contribution in [0.25, 0.3) is 11.3 Å². The van der Waals surface area contributed by atoms with Crippen molar-refractivity contribution in [3.05, 3.63) is 48.5 Å². The van der Waals surface area contributed by atoms with Gasteiger partial charge in [-0.15, -0.1) is 0 Å². The molecule has 3 N–H and O–H groups in total. The van der Waals surface area contributed by atoms with Gasteiger partial charge in [0.25, 0.3) is 0 Å². The van der Waals surface area contributed by atoms with E-state index in [1.54, 1.807) is 12.3 Å². The number of hydrogen-bond acceptors (Lipinski definition) is 7. The number of benzene rings is 1. The predicted octanol–water partition coefficient (Wildman–Crippen LogP) is 3.72. The van der Waals surface area contributed by atoms with Crippen molar-refractivity contribution < 1.29 is 9.15 Å². The molecular formula is C18H17N5O2. The van der Waals surface area contributed by atoms with Gasteiger partial charge in [0.15, 0.2) is 12.2 Å². The summed E-state index contributed by atoms with van der Waals surface area (Å²) in [7, 11) is 0. The highest BCUT2D eigenvalue weighted by Crippen LogP contribution is 2.28. The van der Waals surface area contributed by atoms with Crippen LogP contribution in [0.1, 0.15) is 19.4 Å². The molecule has 2 aromatic heterocycles. The minimum atomic E-state index is -0.115. The number of nitriles is 1. The summed E-state index contributed by atoms with van der Waals surface area (Å²) < 4.78 is 10.9. The SMILES string of the molecule is CC(C)Oc1nc(Nc2ccc(-c3cnco3)cc2)cc(N)c1C#N. The van der Waals surface area contributed by atoms with Crippen LogP contribution >= 0.6 is 0 Å². The Balaban J connectivity index is 1.85. The Morgan fingerprint density at radius 1 is 1.28 bits per heavy atom. The highest BCUT2D eigenvalue weighted by atomic mass is 16.5. The molecule has 25 heavy (non-hydrogen) atoms. The van der Waals surface area contributed by atoms with Crippen LogP contribution in [0, 0.1) is 11.3 Å². The van der Waals surface area contributed by atoms with Crippen molar-refractivity contribution in [3.63, 3.8) is 0 Å². The lowest BCUT2D eigenvalue weighted by Crippen LogP contribution is -2.10. The van der Waals surface area contributed by atoms with E-state index in [0.29, 0.717) is 17.3 Å². The van der Waals surface area contributed by atoms with Crippen LogP contribution in [0.2, 0.25) is 0 Å². The number of hydrogen-bond donors (Lipinski definition) is 2. The van der Waals surface area contributed by atoms with Crippen LogP contribution in [-0.4, -0.2) is 16.1 Å². The molecule has 0 saturated carbocycles. The summed E-state index contributed by atoms with van der Waals surface area (Å²) in [5.74, 6) is 1.41. The molecular weight excluding hydrogens is 318 g/mol. The fourth-order valence-corrected chi connectivity index (χ4v) is 2.25. The number of aromatic nitrogens is 2. The first-order valence-corrected chi connectivity index (χ1v) is 7.70. The van der Waals surface area contributed by atoms with Gasteiger partial charge in [-0.2, -0.15) is 10.2 Å². The second kappa shape index (κ2) is 6.93. The summed E-state index contributed by atoms with van der Waals surface area (Å²) >= 11 is 0. The third-order valence-electron chi connectivity index (χ3n) is 3.35. The molecule has 1 aromatic carbocycles. The largest absolute Gasteiger partial charge is 0.474 e. The van der Waals surface area contributed by atoms with Crippen molar-refractivity contribution in [1.29, 1.82) is 5.26 Å². The summed E-state index contributed by atoms with van der Waals surface area (Å²) in [4.78, 5) is 8.25. The number of rotatable bonds is 5. The monoisotopic (exact) mass is 335 g/mol. The average Bonchev–Trinajstić information content (AvgIpc) is 3.09. The second-order valence-electron chi connectivity index (χ2n) is 5.62. The van der Waals surface area contributed by atoms with Gasteiger partial charge < -0.3 is 20.2 Å². The normalized spacial score (nSPS) is 10.5. The zero-order valence-corrected chi connectivity index (χ0v) is 13.9. The lowest BCUT2D eigenvalue weighted by Gasteiger charge is -2.14. The molecule has 0 bridgehead atoms. The number of oxazole rings is 1. The van der Waals surface area contributed by atoms with Gasteiger partial charge in [0.05, 0.1) is 18.0 Å². The fourth-order valence-electron chi connectivity index (χ4n) is 2.25. The first-order valence-electron chi connectivity index (χ1n) is 7.70. The van der Waals surface area contributed by atoms with E-state index in [9.17, 15) is 5.26 Å². The Hall–Kier alpha value is -3.53. The molecule has 0 spiro atoms. The molecule has 2 heterocycles. The number of nitrogens with zero attached hydrogens (tertiary/aromatic N) is 3. The Kier molecular flexibility index (Phi) is 4.53. The second-order valence-corrected chi connectivity index (χ2v) is 5.62. The Bertz CT molecular complexity index is 896. The fraction of sp³-hybridized carbons (Fsp3) is 0.167. The highest BCUT2D eigenvalue weighted by Gasteiger charge is 2.13. The number of nitrogens with one attached hydrogen (secondary N) is 1. The van der Waals surface area contributed by atoms with Crippen molar-refractivity contribution in [1.82, 2.24) is 9.97 Å². The maximum atomic E-state index is 9.23. The number of ether oxygens (including phenoxy) is 1. The van der Waals surface area contributed by atoms with Gasteiger partial charge in [-0.25, -0.2) is 4.98 Å². The molecule has 0 unspecified atom stereocenters. The lowest BCUT2D eigenvalue weighted by atomic mass is 10.1. The number of nitrogens with two attached hydrogens (primary N) is 1. The highest BCUT2D eigenvalue weighted by molar-refractivity contribution is 5.69. The summed E-state index contributed by atoms with van der Waals surface area (Å²) in [6.45, 7) is 3.72. The van der Waals surface area contributed by atoms with Gasteiger partial charge in [0.1, 0.15) is 17.5 Å². The minimum absolute atomic E-state index is 0.115. The van der Waals surface area contributed by atoms with Gasteiger partial charge >= 0.3 is 0 Å². The average molecular weight is 335 g/mol. The van der Waals surface area contributed by atoms with Crippen molar-refractivity contribution >= 4 is 17.2 Å². The van der Waals surface area contributed by atoms with Crippen molar-refractivity contribution in [3.8, 4) is 23.3 Å². The number of anilines is 3. The van der Waals surface area contributed by atoms with E-state index in [2.05, 4.69) is 15.3 Å². The first kappa shape index (κ1) is 16.3. The number of pyridine rings is 1. The first-order chi connectivity index (χ1) is 12.1. The molecule has 0 aliphatic heterocycles. The van der Waals surface area contributed by atoms with Gasteiger partial charge in [0.2, 0.25) is 5.88 Å². The van der Waals surface area contributed by atoms with Crippen LogP contribution in [0.4, 0.5) is 17.2 Å². The molecule has 0 aliphatic carbocycles. The summed E-state index contributed by atoms with van der Waals surface area (Å²) in [6.07, 6.45) is 2.93. The maximum absolute atomic E-state index is 9.23. The van der Waals surface area contributed by atoms with E-state index in [1.165, 1.54) is 6.39 Å². The van der Waals surface area contributed by atoms with Gasteiger partial charge in [-0.05, 0) is 38.1 Å². The molecule has 0 amide bonds. The van der Waals surface area contributed by atoms with Crippen molar-refractivity contribution in [2.45, 2.75) is 20.0 Å². The van der Waals surface area contributed by atoms with Crippen LogP contribution in [0.3, 0.4) is 0 Å². The standard InChI is InChI=1S/C18H17N5O2/c1-11(2)25-18-14(8-19)15(20)7-17(23-18)22-13-5-3-12(4-6-13)16-9-21-10-24-16/h3-7,9-11H,1-2H3,(H3,20,22,23). The zero-order chi connectivity index (χ0) is 17.8. The third-order valence-corrected chi connectivity index (χ3v) is 3.35. The quantitative estimate of drug-likeness (QED) is 0.731. The topological polar surface area (TPSA) is 110 Å². The van der Waals surface area contributed by atoms with Crippen molar-refractivity contribution in [2.24, 2.45) is 0 Å². The minimum Gasteiger partial charge on any atom is -0.474 e. The molecule has 0 saturated heterocycles.